The van der Waals surface area contributed by atoms with E-state index in [-0.39, 0.29) is 6.04 Å². The Balaban J connectivity index is 1.66. The first-order chi connectivity index (χ1) is 11.5. The number of nitrogens with zero attached hydrogens (tertiary/aromatic N) is 1. The van der Waals surface area contributed by atoms with Gasteiger partial charge in [-0.2, -0.15) is 0 Å². The second kappa shape index (κ2) is 6.83. The zero-order valence-corrected chi connectivity index (χ0v) is 14.5. The van der Waals surface area contributed by atoms with E-state index in [1.165, 1.54) is 5.56 Å². The first-order valence-electron chi connectivity index (χ1n) is 8.33. The maximum Gasteiger partial charge on any atom is 0.231 e. The zero-order valence-electron chi connectivity index (χ0n) is 14.5. The molecule has 0 fully saturated rings. The van der Waals surface area contributed by atoms with Crippen LogP contribution in [0.3, 0.4) is 0 Å². The Morgan fingerprint density at radius 3 is 2.54 bits per heavy atom. The van der Waals surface area contributed by atoms with Crippen molar-refractivity contribution in [1.29, 1.82) is 0 Å². The van der Waals surface area contributed by atoms with Gasteiger partial charge in [0.05, 0.1) is 0 Å². The largest absolute Gasteiger partial charge is 0.454 e. The highest BCUT2D eigenvalue weighted by Gasteiger charge is 2.30. The minimum atomic E-state index is -0.906. The van der Waals surface area contributed by atoms with E-state index in [1.54, 1.807) is 0 Å². The van der Waals surface area contributed by atoms with Gasteiger partial charge in [0, 0.05) is 12.5 Å². The van der Waals surface area contributed by atoms with Crippen LogP contribution in [0.1, 0.15) is 25.0 Å². The predicted molar refractivity (Wildman–Crippen MR) is 94.3 cm³/mol. The summed E-state index contributed by atoms with van der Waals surface area (Å²) in [6, 6.07) is 16.3. The summed E-state index contributed by atoms with van der Waals surface area (Å²) in [6.07, 6.45) is 1.42. The van der Waals surface area contributed by atoms with Crippen molar-refractivity contribution in [3.05, 3.63) is 59.7 Å². The van der Waals surface area contributed by atoms with Gasteiger partial charge >= 0.3 is 0 Å². The van der Waals surface area contributed by atoms with Crippen molar-refractivity contribution in [1.82, 2.24) is 4.90 Å². The van der Waals surface area contributed by atoms with E-state index in [9.17, 15) is 5.11 Å². The van der Waals surface area contributed by atoms with Crippen molar-refractivity contribution in [2.24, 2.45) is 0 Å². The van der Waals surface area contributed by atoms with Crippen LogP contribution in [0.5, 0.6) is 11.5 Å². The minimum absolute atomic E-state index is 0.184. The number of aliphatic hydroxyl groups is 1. The Labute approximate surface area is 143 Å². The molecular formula is C20H25NO3. The van der Waals surface area contributed by atoms with Crippen molar-refractivity contribution >= 4 is 0 Å². The van der Waals surface area contributed by atoms with Crippen LogP contribution in [-0.4, -0.2) is 35.6 Å². The van der Waals surface area contributed by atoms with Gasteiger partial charge in [0.15, 0.2) is 11.5 Å². The second-order valence-electron chi connectivity index (χ2n) is 6.73. The molecule has 0 saturated heterocycles. The predicted octanol–water partition coefficient (Wildman–Crippen LogP) is 3.23. The molecule has 1 aliphatic rings. The highest BCUT2D eigenvalue weighted by atomic mass is 16.7. The van der Waals surface area contributed by atoms with E-state index in [2.05, 4.69) is 13.0 Å². The van der Waals surface area contributed by atoms with Crippen LogP contribution in [0.15, 0.2) is 48.5 Å². The molecule has 1 aliphatic heterocycles. The second-order valence-corrected chi connectivity index (χ2v) is 6.73. The van der Waals surface area contributed by atoms with Crippen LogP contribution in [0.25, 0.3) is 0 Å². The van der Waals surface area contributed by atoms with Gasteiger partial charge < -0.3 is 14.6 Å². The number of rotatable bonds is 6. The van der Waals surface area contributed by atoms with E-state index in [0.717, 1.165) is 23.5 Å². The fraction of sp³-hybridized carbons (Fsp3) is 0.400. The normalized spacial score (nSPS) is 16.9. The standard InChI is InChI=1S/C20H25NO3/c1-15(11-17-9-10-18-19(12-17)24-14-23-18)21(3)20(2,22)13-16-7-5-4-6-8-16/h4-10,12,15,22H,11,13-14H2,1-3H3. The fourth-order valence-corrected chi connectivity index (χ4v) is 3.13. The Hall–Kier alpha value is -2.04. The maximum atomic E-state index is 10.9. The van der Waals surface area contributed by atoms with E-state index in [4.69, 9.17) is 9.47 Å². The molecule has 0 radical (unpaired) electrons. The number of hydrogen-bond donors (Lipinski definition) is 1. The molecule has 2 aromatic rings. The Kier molecular flexibility index (Phi) is 4.78. The Morgan fingerprint density at radius 1 is 1.08 bits per heavy atom. The number of fused-ring (bicyclic) bond motifs is 1. The third kappa shape index (κ3) is 3.71. The fourth-order valence-electron chi connectivity index (χ4n) is 3.13. The lowest BCUT2D eigenvalue weighted by atomic mass is 9.99. The molecule has 128 valence electrons. The molecule has 2 atom stereocenters. The summed E-state index contributed by atoms with van der Waals surface area (Å²) in [4.78, 5) is 2.03. The third-order valence-corrected chi connectivity index (χ3v) is 4.77. The van der Waals surface area contributed by atoms with Crippen molar-refractivity contribution in [3.63, 3.8) is 0 Å². The molecule has 0 saturated carbocycles. The van der Waals surface area contributed by atoms with Crippen molar-refractivity contribution in [3.8, 4) is 11.5 Å². The van der Waals surface area contributed by atoms with Gasteiger partial charge in [0.25, 0.3) is 0 Å². The quantitative estimate of drug-likeness (QED) is 0.827. The van der Waals surface area contributed by atoms with Gasteiger partial charge in [-0.3, -0.25) is 4.90 Å². The molecule has 0 aromatic heterocycles. The summed E-state index contributed by atoms with van der Waals surface area (Å²) in [5, 5.41) is 10.9. The van der Waals surface area contributed by atoms with Crippen LogP contribution in [0.4, 0.5) is 0 Å². The van der Waals surface area contributed by atoms with Crippen LogP contribution in [0.2, 0.25) is 0 Å². The van der Waals surface area contributed by atoms with E-state index < -0.39 is 5.72 Å². The van der Waals surface area contributed by atoms with E-state index >= 15 is 0 Å². The summed E-state index contributed by atoms with van der Waals surface area (Å²) < 4.78 is 10.8. The van der Waals surface area contributed by atoms with Gasteiger partial charge in [0.2, 0.25) is 6.79 Å². The molecule has 2 unspecified atom stereocenters. The van der Waals surface area contributed by atoms with Gasteiger partial charge in [-0.1, -0.05) is 36.4 Å². The summed E-state index contributed by atoms with van der Waals surface area (Å²) in [5.41, 5.74) is 1.40. The number of benzene rings is 2. The van der Waals surface area contributed by atoms with Crippen LogP contribution in [-0.2, 0) is 12.8 Å². The molecule has 1 N–H and O–H groups in total. The van der Waals surface area contributed by atoms with Gasteiger partial charge in [-0.15, -0.1) is 0 Å². The lowest BCUT2D eigenvalue weighted by Gasteiger charge is -2.38. The lowest BCUT2D eigenvalue weighted by Crippen LogP contribution is -2.50. The highest BCUT2D eigenvalue weighted by molar-refractivity contribution is 5.44. The average Bonchev–Trinajstić information content (AvgIpc) is 3.02. The molecule has 0 spiro atoms. The van der Waals surface area contributed by atoms with Crippen molar-refractivity contribution < 1.29 is 14.6 Å². The Bertz CT molecular complexity index is 685. The third-order valence-electron chi connectivity index (χ3n) is 4.77. The van der Waals surface area contributed by atoms with E-state index in [1.807, 2.05) is 61.3 Å². The summed E-state index contributed by atoms with van der Waals surface area (Å²) in [6.45, 7) is 4.29. The van der Waals surface area contributed by atoms with Crippen molar-refractivity contribution in [2.45, 2.75) is 38.5 Å². The first-order valence-corrected chi connectivity index (χ1v) is 8.33. The molecule has 24 heavy (non-hydrogen) atoms. The highest BCUT2D eigenvalue weighted by Crippen LogP contribution is 2.33. The average molecular weight is 327 g/mol. The molecule has 3 rings (SSSR count). The molecule has 0 bridgehead atoms. The maximum absolute atomic E-state index is 10.9. The van der Waals surface area contributed by atoms with Gasteiger partial charge in [-0.05, 0) is 50.6 Å². The van der Waals surface area contributed by atoms with Gasteiger partial charge in [0.1, 0.15) is 5.72 Å². The summed E-state index contributed by atoms with van der Waals surface area (Å²) in [5.74, 6) is 1.61. The SMILES string of the molecule is CC(Cc1ccc2c(c1)OCO2)N(C)C(C)(O)Cc1ccccc1. The number of likely N-dealkylation sites (N-methyl/N-ethyl adjacent to an activating group) is 1. The zero-order chi connectivity index (χ0) is 17.2. The lowest BCUT2D eigenvalue weighted by molar-refractivity contribution is -0.0965. The van der Waals surface area contributed by atoms with Crippen LogP contribution >= 0.6 is 0 Å². The molecule has 0 aliphatic carbocycles. The molecule has 0 amide bonds. The smallest absolute Gasteiger partial charge is 0.231 e. The summed E-state index contributed by atoms with van der Waals surface area (Å²) in [7, 11) is 1.97. The van der Waals surface area contributed by atoms with Crippen LogP contribution < -0.4 is 9.47 Å². The monoisotopic (exact) mass is 327 g/mol. The first kappa shape index (κ1) is 16.8. The minimum Gasteiger partial charge on any atom is -0.454 e. The summed E-state index contributed by atoms with van der Waals surface area (Å²) >= 11 is 0. The molecule has 4 nitrogen and oxygen atoms in total. The molecule has 1 heterocycles. The molecule has 4 heteroatoms. The molecular weight excluding hydrogens is 302 g/mol. The van der Waals surface area contributed by atoms with Gasteiger partial charge in [-0.25, -0.2) is 0 Å². The van der Waals surface area contributed by atoms with Crippen LogP contribution in [0, 0.1) is 0 Å². The number of ether oxygens (including phenoxy) is 2. The van der Waals surface area contributed by atoms with Crippen molar-refractivity contribution in [2.75, 3.05) is 13.8 Å². The van der Waals surface area contributed by atoms with E-state index in [0.29, 0.717) is 13.2 Å². The Morgan fingerprint density at radius 2 is 1.79 bits per heavy atom. The topological polar surface area (TPSA) is 41.9 Å². The molecule has 2 aromatic carbocycles. The number of hydrogen-bond acceptors (Lipinski definition) is 4.